The first-order valence-electron chi connectivity index (χ1n) is 7.06. The number of aromatic amines is 1. The number of likely N-dealkylation sites (N-methyl/N-ethyl adjacent to an activating group) is 1. The smallest absolute Gasteiger partial charge is 0.156 e. The summed E-state index contributed by atoms with van der Waals surface area (Å²) < 4.78 is 14.4. The zero-order chi connectivity index (χ0) is 15.7. The second kappa shape index (κ2) is 5.60. The number of hydrogen-bond acceptors (Lipinski definition) is 3. The van der Waals surface area contributed by atoms with Gasteiger partial charge in [0.1, 0.15) is 11.5 Å². The highest BCUT2D eigenvalue weighted by molar-refractivity contribution is 5.82. The molecule has 0 amide bonds. The standard InChI is InChI=1S/C17H17FN4/c1-4-13(15-6-5-11(2)7-8-22(15)3)16-14(18)9-12-10-19-21-17(12)20-16/h4-11H,1H2,2-3H3,(H,19,20,21)/b15-13+. The van der Waals surface area contributed by atoms with Gasteiger partial charge in [0.05, 0.1) is 6.20 Å². The number of allylic oxidation sites excluding steroid dienone is 5. The summed E-state index contributed by atoms with van der Waals surface area (Å²) in [7, 11) is 1.92. The molecular formula is C17H17FN4. The molecule has 3 rings (SSSR count). The fraction of sp³-hybridized carbons (Fsp3) is 0.176. The molecule has 0 aliphatic carbocycles. The minimum atomic E-state index is -0.389. The Labute approximate surface area is 128 Å². The van der Waals surface area contributed by atoms with E-state index < -0.39 is 0 Å². The van der Waals surface area contributed by atoms with Gasteiger partial charge >= 0.3 is 0 Å². The predicted molar refractivity (Wildman–Crippen MR) is 86.2 cm³/mol. The van der Waals surface area contributed by atoms with Crippen LogP contribution in [0.1, 0.15) is 12.6 Å². The van der Waals surface area contributed by atoms with Gasteiger partial charge in [0, 0.05) is 29.9 Å². The van der Waals surface area contributed by atoms with Crippen molar-refractivity contribution >= 4 is 16.6 Å². The molecular weight excluding hydrogens is 279 g/mol. The van der Waals surface area contributed by atoms with Gasteiger partial charge in [-0.1, -0.05) is 31.7 Å². The molecule has 0 bridgehead atoms. The van der Waals surface area contributed by atoms with Crippen molar-refractivity contribution in [3.8, 4) is 0 Å². The van der Waals surface area contributed by atoms with E-state index in [4.69, 9.17) is 0 Å². The molecule has 0 saturated heterocycles. The van der Waals surface area contributed by atoms with E-state index in [1.165, 1.54) is 6.07 Å². The maximum Gasteiger partial charge on any atom is 0.156 e. The molecule has 112 valence electrons. The number of H-pyrrole nitrogens is 1. The number of aromatic nitrogens is 3. The van der Waals surface area contributed by atoms with Crippen LogP contribution >= 0.6 is 0 Å². The Morgan fingerprint density at radius 3 is 3.05 bits per heavy atom. The highest BCUT2D eigenvalue weighted by atomic mass is 19.1. The summed E-state index contributed by atoms with van der Waals surface area (Å²) in [5, 5.41) is 7.31. The molecule has 3 heterocycles. The normalized spacial score (nSPS) is 20.3. The third-order valence-electron chi connectivity index (χ3n) is 3.67. The topological polar surface area (TPSA) is 44.8 Å². The van der Waals surface area contributed by atoms with Crippen molar-refractivity contribution in [3.63, 3.8) is 0 Å². The number of hydrogen-bond donors (Lipinski definition) is 1. The molecule has 2 aromatic heterocycles. The second-order valence-corrected chi connectivity index (χ2v) is 5.30. The van der Waals surface area contributed by atoms with E-state index in [9.17, 15) is 4.39 Å². The Balaban J connectivity index is 2.22. The molecule has 5 heteroatoms. The molecule has 0 saturated carbocycles. The van der Waals surface area contributed by atoms with Crippen molar-refractivity contribution in [2.45, 2.75) is 6.92 Å². The van der Waals surface area contributed by atoms with Gasteiger partial charge in [-0.2, -0.15) is 5.10 Å². The van der Waals surface area contributed by atoms with Crippen LogP contribution in [0.2, 0.25) is 0 Å². The average Bonchev–Trinajstić information content (AvgIpc) is 2.88. The quantitative estimate of drug-likeness (QED) is 0.920. The summed E-state index contributed by atoms with van der Waals surface area (Å²) in [4.78, 5) is 6.30. The Morgan fingerprint density at radius 2 is 2.27 bits per heavy atom. The lowest BCUT2D eigenvalue weighted by Crippen LogP contribution is -2.11. The zero-order valence-electron chi connectivity index (χ0n) is 12.5. The molecule has 0 spiro atoms. The Hall–Kier alpha value is -2.69. The second-order valence-electron chi connectivity index (χ2n) is 5.30. The zero-order valence-corrected chi connectivity index (χ0v) is 12.5. The molecule has 0 fully saturated rings. The maximum atomic E-state index is 14.4. The molecule has 4 nitrogen and oxygen atoms in total. The van der Waals surface area contributed by atoms with E-state index in [0.29, 0.717) is 22.5 Å². The van der Waals surface area contributed by atoms with Gasteiger partial charge in [-0.3, -0.25) is 5.10 Å². The summed E-state index contributed by atoms with van der Waals surface area (Å²) in [6.07, 6.45) is 11.3. The molecule has 2 aromatic rings. The highest BCUT2D eigenvalue weighted by Gasteiger charge is 2.16. The first kappa shape index (κ1) is 14.3. The van der Waals surface area contributed by atoms with Gasteiger partial charge < -0.3 is 4.90 Å². The van der Waals surface area contributed by atoms with Crippen molar-refractivity contribution in [3.05, 3.63) is 66.6 Å². The molecule has 0 aromatic carbocycles. The van der Waals surface area contributed by atoms with Crippen molar-refractivity contribution in [2.75, 3.05) is 7.05 Å². The molecule has 1 aliphatic heterocycles. The van der Waals surface area contributed by atoms with Crippen LogP contribution in [-0.2, 0) is 0 Å². The van der Waals surface area contributed by atoms with Gasteiger partial charge in [0.25, 0.3) is 0 Å². The lowest BCUT2D eigenvalue weighted by molar-refractivity contribution is 0.587. The van der Waals surface area contributed by atoms with Crippen LogP contribution in [0.4, 0.5) is 4.39 Å². The highest BCUT2D eigenvalue weighted by Crippen LogP contribution is 2.27. The molecule has 0 radical (unpaired) electrons. The van der Waals surface area contributed by atoms with Crippen molar-refractivity contribution in [2.24, 2.45) is 5.92 Å². The van der Waals surface area contributed by atoms with E-state index in [0.717, 1.165) is 5.70 Å². The lowest BCUT2D eigenvalue weighted by Gasteiger charge is -2.18. The maximum absolute atomic E-state index is 14.4. The fourth-order valence-corrected chi connectivity index (χ4v) is 2.41. The van der Waals surface area contributed by atoms with Crippen LogP contribution in [-0.4, -0.2) is 27.1 Å². The molecule has 1 N–H and O–H groups in total. The Morgan fingerprint density at radius 1 is 1.45 bits per heavy atom. The third-order valence-corrected chi connectivity index (χ3v) is 3.67. The molecule has 1 aliphatic rings. The van der Waals surface area contributed by atoms with E-state index in [1.807, 2.05) is 24.2 Å². The lowest BCUT2D eigenvalue weighted by atomic mass is 10.1. The van der Waals surface area contributed by atoms with Crippen LogP contribution < -0.4 is 0 Å². The minimum Gasteiger partial charge on any atom is -0.351 e. The first-order chi connectivity index (χ1) is 10.6. The first-order valence-corrected chi connectivity index (χ1v) is 7.06. The number of rotatable bonds is 2. The van der Waals surface area contributed by atoms with Crippen molar-refractivity contribution < 1.29 is 4.39 Å². The van der Waals surface area contributed by atoms with E-state index in [-0.39, 0.29) is 11.5 Å². The van der Waals surface area contributed by atoms with Crippen LogP contribution in [0.15, 0.2) is 55.0 Å². The van der Waals surface area contributed by atoms with Crippen molar-refractivity contribution in [1.82, 2.24) is 20.1 Å². The predicted octanol–water partition coefficient (Wildman–Crippen LogP) is 3.65. The fourth-order valence-electron chi connectivity index (χ4n) is 2.41. The summed E-state index contributed by atoms with van der Waals surface area (Å²) in [6, 6.07) is 1.43. The number of pyridine rings is 1. The van der Waals surface area contributed by atoms with Crippen molar-refractivity contribution in [1.29, 1.82) is 0 Å². The van der Waals surface area contributed by atoms with Crippen LogP contribution in [0.25, 0.3) is 16.6 Å². The summed E-state index contributed by atoms with van der Waals surface area (Å²) >= 11 is 0. The van der Waals surface area contributed by atoms with E-state index in [1.54, 1.807) is 12.3 Å². The summed E-state index contributed by atoms with van der Waals surface area (Å²) in [6.45, 7) is 5.92. The number of halogens is 1. The monoisotopic (exact) mass is 296 g/mol. The SMILES string of the molecule is C=C/C(=C1/C=CC(C)C=CN1C)c1nc2[nH]ncc2cc1F. The summed E-state index contributed by atoms with van der Waals surface area (Å²) in [5.74, 6) is -0.0710. The number of nitrogens with one attached hydrogen (secondary N) is 1. The number of fused-ring (bicyclic) bond motifs is 1. The number of nitrogens with zero attached hydrogens (tertiary/aromatic N) is 3. The largest absolute Gasteiger partial charge is 0.351 e. The molecule has 1 atom stereocenters. The minimum absolute atomic E-state index is 0.265. The van der Waals surface area contributed by atoms with Gasteiger partial charge in [-0.25, -0.2) is 9.37 Å². The van der Waals surface area contributed by atoms with Crippen LogP contribution in [0, 0.1) is 11.7 Å². The Bertz CT molecular complexity index is 813. The van der Waals surface area contributed by atoms with Gasteiger partial charge in [0.15, 0.2) is 5.65 Å². The van der Waals surface area contributed by atoms with Gasteiger partial charge in [-0.15, -0.1) is 0 Å². The Kier molecular flexibility index (Phi) is 3.63. The molecule has 1 unspecified atom stereocenters. The van der Waals surface area contributed by atoms with E-state index in [2.05, 4.69) is 40.8 Å². The van der Waals surface area contributed by atoms with Gasteiger partial charge in [-0.05, 0) is 18.1 Å². The van der Waals surface area contributed by atoms with Crippen LogP contribution in [0.3, 0.4) is 0 Å². The van der Waals surface area contributed by atoms with Crippen LogP contribution in [0.5, 0.6) is 0 Å². The van der Waals surface area contributed by atoms with Gasteiger partial charge in [0.2, 0.25) is 0 Å². The third kappa shape index (κ3) is 2.45. The molecule has 22 heavy (non-hydrogen) atoms. The van der Waals surface area contributed by atoms with E-state index >= 15 is 0 Å². The summed E-state index contributed by atoms with van der Waals surface area (Å²) in [5.41, 5.74) is 2.31. The average molecular weight is 296 g/mol.